The van der Waals surface area contributed by atoms with Crippen molar-refractivity contribution in [2.75, 3.05) is 6.61 Å². The predicted octanol–water partition coefficient (Wildman–Crippen LogP) is 2.19. The number of carbonyl (C=O) groups excluding carboxylic acids is 1. The Bertz CT molecular complexity index is 371. The van der Waals surface area contributed by atoms with Crippen LogP contribution in [0.5, 0.6) is 0 Å². The third-order valence-corrected chi connectivity index (χ3v) is 1.75. The first-order valence-corrected chi connectivity index (χ1v) is 4.60. The van der Waals surface area contributed by atoms with Crippen molar-refractivity contribution in [3.8, 4) is 0 Å². The Balaban J connectivity index is 2.79. The van der Waals surface area contributed by atoms with Crippen molar-refractivity contribution in [2.45, 2.75) is 13.8 Å². The Labute approximate surface area is 87.6 Å². The average Bonchev–Trinajstić information content (AvgIpc) is 2.18. The number of carbonyl (C=O) groups is 1. The van der Waals surface area contributed by atoms with Crippen LogP contribution in [0.2, 0.25) is 0 Å². The van der Waals surface area contributed by atoms with Gasteiger partial charge in [-0.25, -0.2) is 9.18 Å². The van der Waals surface area contributed by atoms with Crippen molar-refractivity contribution in [1.82, 2.24) is 4.98 Å². The number of aromatic nitrogens is 1. The molecule has 3 nitrogen and oxygen atoms in total. The van der Waals surface area contributed by atoms with E-state index in [9.17, 15) is 9.18 Å². The first kappa shape index (κ1) is 11.4. The van der Waals surface area contributed by atoms with Gasteiger partial charge in [-0.1, -0.05) is 0 Å². The maximum atomic E-state index is 12.6. The molecule has 0 unspecified atom stereocenters. The van der Waals surface area contributed by atoms with E-state index in [-0.39, 0.29) is 0 Å². The average molecular weight is 209 g/mol. The highest BCUT2D eigenvalue weighted by Gasteiger charge is 2.02. The van der Waals surface area contributed by atoms with E-state index in [2.05, 4.69) is 4.98 Å². The Morgan fingerprint density at radius 3 is 2.87 bits per heavy atom. The van der Waals surface area contributed by atoms with E-state index in [0.29, 0.717) is 17.9 Å². The van der Waals surface area contributed by atoms with Crippen LogP contribution in [0.3, 0.4) is 0 Å². The number of pyridine rings is 1. The van der Waals surface area contributed by atoms with Crippen LogP contribution in [0.15, 0.2) is 24.4 Å². The second-order valence-corrected chi connectivity index (χ2v) is 2.94. The molecule has 0 saturated carbocycles. The van der Waals surface area contributed by atoms with Gasteiger partial charge in [-0.2, -0.15) is 0 Å². The molecule has 80 valence electrons. The number of ether oxygens (including phenoxy) is 1. The first-order valence-electron chi connectivity index (χ1n) is 4.60. The van der Waals surface area contributed by atoms with Gasteiger partial charge in [0.15, 0.2) is 0 Å². The SMILES string of the molecule is CCOC(=O)/C=C(\C)c1ccc(F)cn1. The van der Waals surface area contributed by atoms with Gasteiger partial charge in [0.1, 0.15) is 5.82 Å². The van der Waals surface area contributed by atoms with E-state index in [4.69, 9.17) is 4.74 Å². The zero-order valence-electron chi connectivity index (χ0n) is 8.66. The Kier molecular flexibility index (Phi) is 3.97. The normalized spacial score (nSPS) is 11.3. The number of allylic oxidation sites excluding steroid dienone is 1. The Morgan fingerprint density at radius 1 is 1.60 bits per heavy atom. The quantitative estimate of drug-likeness (QED) is 0.565. The molecule has 0 fully saturated rings. The predicted molar refractivity (Wildman–Crippen MR) is 54.5 cm³/mol. The summed E-state index contributed by atoms with van der Waals surface area (Å²) in [6.07, 6.45) is 2.45. The van der Waals surface area contributed by atoms with Crippen LogP contribution in [0.4, 0.5) is 4.39 Å². The molecule has 0 aliphatic rings. The molecule has 15 heavy (non-hydrogen) atoms. The first-order chi connectivity index (χ1) is 7.13. The maximum Gasteiger partial charge on any atom is 0.331 e. The summed E-state index contributed by atoms with van der Waals surface area (Å²) in [6.45, 7) is 3.79. The van der Waals surface area contributed by atoms with E-state index < -0.39 is 11.8 Å². The fourth-order valence-electron chi connectivity index (χ4n) is 1.04. The van der Waals surface area contributed by atoms with Gasteiger partial charge in [0.2, 0.25) is 0 Å². The lowest BCUT2D eigenvalue weighted by Gasteiger charge is -2.00. The number of nitrogens with zero attached hydrogens (tertiary/aromatic N) is 1. The molecule has 0 bridgehead atoms. The summed E-state index contributed by atoms with van der Waals surface area (Å²) in [7, 11) is 0. The summed E-state index contributed by atoms with van der Waals surface area (Å²) in [5, 5.41) is 0. The van der Waals surface area contributed by atoms with Crippen molar-refractivity contribution in [2.24, 2.45) is 0 Å². The van der Waals surface area contributed by atoms with E-state index in [1.54, 1.807) is 13.8 Å². The van der Waals surface area contributed by atoms with Crippen LogP contribution < -0.4 is 0 Å². The zero-order valence-corrected chi connectivity index (χ0v) is 8.66. The minimum Gasteiger partial charge on any atom is -0.463 e. The molecular formula is C11H12FNO2. The van der Waals surface area contributed by atoms with Gasteiger partial charge in [-0.3, -0.25) is 4.98 Å². The van der Waals surface area contributed by atoms with Crippen LogP contribution in [-0.4, -0.2) is 17.6 Å². The van der Waals surface area contributed by atoms with Gasteiger partial charge in [0, 0.05) is 6.08 Å². The summed E-state index contributed by atoms with van der Waals surface area (Å²) in [5.41, 5.74) is 1.21. The Hall–Kier alpha value is -1.71. The van der Waals surface area contributed by atoms with E-state index in [0.717, 1.165) is 6.20 Å². The van der Waals surface area contributed by atoms with Gasteiger partial charge in [0.05, 0.1) is 18.5 Å². The van der Waals surface area contributed by atoms with Gasteiger partial charge in [-0.05, 0) is 31.6 Å². The highest BCUT2D eigenvalue weighted by molar-refractivity contribution is 5.90. The molecule has 0 radical (unpaired) electrons. The molecule has 0 saturated heterocycles. The van der Waals surface area contributed by atoms with Crippen LogP contribution in [0.1, 0.15) is 19.5 Å². The molecule has 0 amide bonds. The molecule has 0 aliphatic heterocycles. The number of rotatable bonds is 3. The molecule has 1 aromatic rings. The minimum atomic E-state index is -0.416. The van der Waals surface area contributed by atoms with Crippen LogP contribution >= 0.6 is 0 Å². The summed E-state index contributed by atoms with van der Waals surface area (Å²) in [6, 6.07) is 2.81. The standard InChI is InChI=1S/C11H12FNO2/c1-3-15-11(14)6-8(2)10-5-4-9(12)7-13-10/h4-7H,3H2,1-2H3/b8-6+. The summed E-state index contributed by atoms with van der Waals surface area (Å²) >= 11 is 0. The van der Waals surface area contributed by atoms with Crippen LogP contribution in [0.25, 0.3) is 5.57 Å². The molecule has 0 N–H and O–H groups in total. The third kappa shape index (κ3) is 3.50. The topological polar surface area (TPSA) is 39.2 Å². The van der Waals surface area contributed by atoms with E-state index in [1.807, 2.05) is 0 Å². The van der Waals surface area contributed by atoms with Crippen molar-refractivity contribution in [3.63, 3.8) is 0 Å². The number of esters is 1. The molecule has 0 aromatic carbocycles. The maximum absolute atomic E-state index is 12.6. The number of hydrogen-bond acceptors (Lipinski definition) is 3. The Morgan fingerprint density at radius 2 is 2.33 bits per heavy atom. The molecular weight excluding hydrogens is 197 g/mol. The molecule has 4 heteroatoms. The highest BCUT2D eigenvalue weighted by atomic mass is 19.1. The zero-order chi connectivity index (χ0) is 11.3. The number of halogens is 1. The second kappa shape index (κ2) is 5.24. The van der Waals surface area contributed by atoms with Crippen molar-refractivity contribution >= 4 is 11.5 Å². The smallest absolute Gasteiger partial charge is 0.331 e. The molecule has 1 aromatic heterocycles. The summed E-state index contributed by atoms with van der Waals surface area (Å²) in [4.78, 5) is 14.9. The number of hydrogen-bond donors (Lipinski definition) is 0. The van der Waals surface area contributed by atoms with Crippen molar-refractivity contribution in [3.05, 3.63) is 35.9 Å². The molecule has 1 heterocycles. The molecule has 0 spiro atoms. The van der Waals surface area contributed by atoms with E-state index >= 15 is 0 Å². The van der Waals surface area contributed by atoms with Gasteiger partial charge >= 0.3 is 5.97 Å². The molecule has 1 rings (SSSR count). The molecule has 0 aliphatic carbocycles. The van der Waals surface area contributed by atoms with Gasteiger partial charge in [-0.15, -0.1) is 0 Å². The second-order valence-electron chi connectivity index (χ2n) is 2.94. The lowest BCUT2D eigenvalue weighted by molar-refractivity contribution is -0.137. The largest absolute Gasteiger partial charge is 0.463 e. The third-order valence-electron chi connectivity index (χ3n) is 1.75. The van der Waals surface area contributed by atoms with E-state index in [1.165, 1.54) is 18.2 Å². The minimum absolute atomic E-state index is 0.333. The summed E-state index contributed by atoms with van der Waals surface area (Å²) < 4.78 is 17.3. The highest BCUT2D eigenvalue weighted by Crippen LogP contribution is 2.10. The fourth-order valence-corrected chi connectivity index (χ4v) is 1.04. The molecule has 0 atom stereocenters. The van der Waals surface area contributed by atoms with Crippen molar-refractivity contribution < 1.29 is 13.9 Å². The van der Waals surface area contributed by atoms with Gasteiger partial charge in [0.25, 0.3) is 0 Å². The van der Waals surface area contributed by atoms with Crippen LogP contribution in [0, 0.1) is 5.82 Å². The monoisotopic (exact) mass is 209 g/mol. The fraction of sp³-hybridized carbons (Fsp3) is 0.273. The lowest BCUT2D eigenvalue weighted by atomic mass is 10.2. The lowest BCUT2D eigenvalue weighted by Crippen LogP contribution is -2.00. The van der Waals surface area contributed by atoms with Crippen LogP contribution in [-0.2, 0) is 9.53 Å². The van der Waals surface area contributed by atoms with Gasteiger partial charge < -0.3 is 4.74 Å². The summed E-state index contributed by atoms with van der Waals surface area (Å²) in [5.74, 6) is -0.816. The van der Waals surface area contributed by atoms with Crippen molar-refractivity contribution in [1.29, 1.82) is 0 Å².